The first kappa shape index (κ1) is 16.4. The first-order valence-corrected chi connectivity index (χ1v) is 8.54. The molecule has 0 saturated carbocycles. The van der Waals surface area contributed by atoms with Gasteiger partial charge in [0.15, 0.2) is 11.6 Å². The fraction of sp³-hybridized carbons (Fsp3) is 0.316. The summed E-state index contributed by atoms with van der Waals surface area (Å²) in [6, 6.07) is 11.3. The molecule has 26 heavy (non-hydrogen) atoms. The van der Waals surface area contributed by atoms with Gasteiger partial charge in [0, 0.05) is 19.5 Å². The van der Waals surface area contributed by atoms with Gasteiger partial charge < -0.3 is 18.6 Å². The Balaban J connectivity index is 1.26. The summed E-state index contributed by atoms with van der Waals surface area (Å²) in [5.74, 6) is 2.33. The SMILES string of the molecule is Cc1cccc(OCCc2noc(C3CN(C(=O)c4ccco4)C3)n2)c1. The molecule has 0 spiro atoms. The van der Waals surface area contributed by atoms with Gasteiger partial charge in [-0.15, -0.1) is 0 Å². The lowest BCUT2D eigenvalue weighted by atomic mass is 10.00. The van der Waals surface area contributed by atoms with Crippen LogP contribution in [-0.4, -0.2) is 40.6 Å². The zero-order chi connectivity index (χ0) is 17.9. The van der Waals surface area contributed by atoms with Crippen LogP contribution in [0.25, 0.3) is 0 Å². The van der Waals surface area contributed by atoms with E-state index in [0.29, 0.717) is 43.6 Å². The Morgan fingerprint density at radius 2 is 2.19 bits per heavy atom. The van der Waals surface area contributed by atoms with Gasteiger partial charge in [0.25, 0.3) is 5.91 Å². The summed E-state index contributed by atoms with van der Waals surface area (Å²) in [7, 11) is 0. The van der Waals surface area contributed by atoms with Crippen LogP contribution >= 0.6 is 0 Å². The largest absolute Gasteiger partial charge is 0.493 e. The second-order valence-electron chi connectivity index (χ2n) is 6.35. The molecule has 1 saturated heterocycles. The number of benzene rings is 1. The van der Waals surface area contributed by atoms with E-state index < -0.39 is 0 Å². The van der Waals surface area contributed by atoms with E-state index in [-0.39, 0.29) is 11.8 Å². The lowest BCUT2D eigenvalue weighted by Gasteiger charge is -2.36. The van der Waals surface area contributed by atoms with Gasteiger partial charge in [-0.25, -0.2) is 0 Å². The number of likely N-dealkylation sites (tertiary alicyclic amines) is 1. The lowest BCUT2D eigenvalue weighted by Crippen LogP contribution is -2.48. The lowest BCUT2D eigenvalue weighted by molar-refractivity contribution is 0.0537. The molecule has 2 aromatic heterocycles. The molecule has 1 fully saturated rings. The van der Waals surface area contributed by atoms with E-state index in [1.165, 1.54) is 6.26 Å². The zero-order valence-corrected chi connectivity index (χ0v) is 14.4. The van der Waals surface area contributed by atoms with Crippen LogP contribution in [0.15, 0.2) is 51.6 Å². The molecule has 0 atom stereocenters. The standard InChI is InChI=1S/C19H19N3O4/c1-13-4-2-5-15(10-13)24-9-7-17-20-18(26-21-17)14-11-22(12-14)19(23)16-6-3-8-25-16/h2-6,8,10,14H,7,9,11-12H2,1H3. The maximum atomic E-state index is 12.1. The van der Waals surface area contributed by atoms with Gasteiger partial charge in [-0.1, -0.05) is 17.3 Å². The fourth-order valence-corrected chi connectivity index (χ4v) is 2.86. The van der Waals surface area contributed by atoms with Crippen molar-refractivity contribution in [1.82, 2.24) is 15.0 Å². The summed E-state index contributed by atoms with van der Waals surface area (Å²) in [5, 5.41) is 4.00. The molecule has 0 bridgehead atoms. The van der Waals surface area contributed by atoms with Crippen molar-refractivity contribution in [2.45, 2.75) is 19.3 Å². The molecular weight excluding hydrogens is 334 g/mol. The van der Waals surface area contributed by atoms with Crippen LogP contribution in [0.1, 0.15) is 33.8 Å². The van der Waals surface area contributed by atoms with Crippen molar-refractivity contribution in [2.24, 2.45) is 0 Å². The average molecular weight is 353 g/mol. The first-order chi connectivity index (χ1) is 12.7. The molecule has 1 amide bonds. The number of aromatic nitrogens is 2. The van der Waals surface area contributed by atoms with Crippen molar-refractivity contribution in [3.8, 4) is 5.75 Å². The van der Waals surface area contributed by atoms with E-state index in [4.69, 9.17) is 13.7 Å². The van der Waals surface area contributed by atoms with Gasteiger partial charge in [0.2, 0.25) is 5.89 Å². The Kier molecular flexibility index (Phi) is 4.43. The summed E-state index contributed by atoms with van der Waals surface area (Å²) < 4.78 is 16.2. The maximum absolute atomic E-state index is 12.1. The number of amides is 1. The highest BCUT2D eigenvalue weighted by Crippen LogP contribution is 2.27. The molecule has 0 radical (unpaired) electrons. The van der Waals surface area contributed by atoms with E-state index in [0.717, 1.165) is 11.3 Å². The first-order valence-electron chi connectivity index (χ1n) is 8.54. The molecule has 1 aromatic carbocycles. The quantitative estimate of drug-likeness (QED) is 0.678. The van der Waals surface area contributed by atoms with Gasteiger partial charge in [-0.05, 0) is 36.8 Å². The minimum Gasteiger partial charge on any atom is -0.493 e. The van der Waals surface area contributed by atoms with E-state index in [1.807, 2.05) is 31.2 Å². The third kappa shape index (κ3) is 3.46. The summed E-state index contributed by atoms with van der Waals surface area (Å²) in [5.41, 5.74) is 1.16. The third-order valence-corrected chi connectivity index (χ3v) is 4.32. The van der Waals surface area contributed by atoms with Crippen LogP contribution in [0.4, 0.5) is 0 Å². The van der Waals surface area contributed by atoms with Crippen LogP contribution in [0.2, 0.25) is 0 Å². The second-order valence-corrected chi connectivity index (χ2v) is 6.35. The van der Waals surface area contributed by atoms with Crippen molar-refractivity contribution in [3.05, 3.63) is 65.7 Å². The number of carbonyl (C=O) groups excluding carboxylic acids is 1. The van der Waals surface area contributed by atoms with Gasteiger partial charge in [-0.2, -0.15) is 4.98 Å². The normalized spacial score (nSPS) is 14.3. The molecule has 0 unspecified atom stereocenters. The Bertz CT molecular complexity index is 882. The Morgan fingerprint density at radius 1 is 1.31 bits per heavy atom. The molecule has 3 heterocycles. The highest BCUT2D eigenvalue weighted by Gasteiger charge is 2.36. The number of furan rings is 1. The van der Waals surface area contributed by atoms with Gasteiger partial charge in [-0.3, -0.25) is 4.79 Å². The van der Waals surface area contributed by atoms with E-state index in [1.54, 1.807) is 17.0 Å². The van der Waals surface area contributed by atoms with Crippen LogP contribution in [0.3, 0.4) is 0 Å². The van der Waals surface area contributed by atoms with E-state index in [2.05, 4.69) is 10.1 Å². The van der Waals surface area contributed by atoms with E-state index >= 15 is 0 Å². The number of ether oxygens (including phenoxy) is 1. The summed E-state index contributed by atoms with van der Waals surface area (Å²) >= 11 is 0. The third-order valence-electron chi connectivity index (χ3n) is 4.32. The topological polar surface area (TPSA) is 81.6 Å². The highest BCUT2D eigenvalue weighted by atomic mass is 16.5. The molecule has 0 aliphatic carbocycles. The van der Waals surface area contributed by atoms with Gasteiger partial charge in [0.1, 0.15) is 5.75 Å². The van der Waals surface area contributed by atoms with Crippen LogP contribution < -0.4 is 4.74 Å². The molecule has 1 aliphatic heterocycles. The molecule has 0 N–H and O–H groups in total. The molecule has 7 heteroatoms. The summed E-state index contributed by atoms with van der Waals surface area (Å²) in [6.45, 7) is 3.62. The number of hydrogen-bond acceptors (Lipinski definition) is 6. The minimum absolute atomic E-state index is 0.0767. The number of carbonyl (C=O) groups is 1. The van der Waals surface area contributed by atoms with Crippen molar-refractivity contribution < 1.29 is 18.5 Å². The second kappa shape index (κ2) is 7.03. The molecule has 1 aliphatic rings. The summed E-state index contributed by atoms with van der Waals surface area (Å²) in [6.07, 6.45) is 2.06. The Morgan fingerprint density at radius 3 is 2.96 bits per heavy atom. The number of nitrogens with zero attached hydrogens (tertiary/aromatic N) is 3. The molecular formula is C19H19N3O4. The monoisotopic (exact) mass is 353 g/mol. The number of rotatable bonds is 6. The molecule has 4 rings (SSSR count). The van der Waals surface area contributed by atoms with Crippen molar-refractivity contribution in [2.75, 3.05) is 19.7 Å². The Hall–Kier alpha value is -3.09. The number of aryl methyl sites for hydroxylation is 1. The van der Waals surface area contributed by atoms with Crippen LogP contribution in [-0.2, 0) is 6.42 Å². The van der Waals surface area contributed by atoms with Crippen LogP contribution in [0, 0.1) is 6.92 Å². The maximum Gasteiger partial charge on any atom is 0.289 e. The van der Waals surface area contributed by atoms with Gasteiger partial charge >= 0.3 is 0 Å². The van der Waals surface area contributed by atoms with Gasteiger partial charge in [0.05, 0.1) is 18.8 Å². The highest BCUT2D eigenvalue weighted by molar-refractivity contribution is 5.92. The van der Waals surface area contributed by atoms with Crippen molar-refractivity contribution in [3.63, 3.8) is 0 Å². The summed E-state index contributed by atoms with van der Waals surface area (Å²) in [4.78, 5) is 18.2. The average Bonchev–Trinajstić information content (AvgIpc) is 3.25. The number of hydrogen-bond donors (Lipinski definition) is 0. The molecule has 3 aromatic rings. The molecule has 7 nitrogen and oxygen atoms in total. The molecule has 134 valence electrons. The van der Waals surface area contributed by atoms with Crippen molar-refractivity contribution >= 4 is 5.91 Å². The predicted molar refractivity (Wildman–Crippen MR) is 92.0 cm³/mol. The minimum atomic E-state index is -0.113. The zero-order valence-electron chi connectivity index (χ0n) is 14.4. The predicted octanol–water partition coefficient (Wildman–Crippen LogP) is 2.83. The van der Waals surface area contributed by atoms with E-state index in [9.17, 15) is 4.79 Å². The van der Waals surface area contributed by atoms with Crippen LogP contribution in [0.5, 0.6) is 5.75 Å². The Labute approximate surface area is 150 Å². The fourth-order valence-electron chi connectivity index (χ4n) is 2.86. The smallest absolute Gasteiger partial charge is 0.289 e. The van der Waals surface area contributed by atoms with Crippen molar-refractivity contribution in [1.29, 1.82) is 0 Å².